The summed E-state index contributed by atoms with van der Waals surface area (Å²) in [5.74, 6) is 0.0650. The second-order valence-electron chi connectivity index (χ2n) is 4.70. The molecule has 1 aliphatic rings. The van der Waals surface area contributed by atoms with Crippen LogP contribution in [0.2, 0.25) is 0 Å². The van der Waals surface area contributed by atoms with Gasteiger partial charge in [0.15, 0.2) is 0 Å². The summed E-state index contributed by atoms with van der Waals surface area (Å²) in [7, 11) is 0. The van der Waals surface area contributed by atoms with E-state index < -0.39 is 6.10 Å². The van der Waals surface area contributed by atoms with Crippen molar-refractivity contribution in [3.8, 4) is 0 Å². The number of hydrogen-bond acceptors (Lipinski definition) is 2. The first-order valence-corrected chi connectivity index (χ1v) is 7.12. The molecule has 0 saturated carbocycles. The molecule has 4 heteroatoms. The zero-order chi connectivity index (χ0) is 13.3. The third kappa shape index (κ3) is 2.45. The number of carbonyl (C=O) groups is 1. The molecule has 18 heavy (non-hydrogen) atoms. The maximum absolute atomic E-state index is 11.6. The van der Waals surface area contributed by atoms with Gasteiger partial charge in [-0.2, -0.15) is 0 Å². The fourth-order valence-electron chi connectivity index (χ4n) is 2.42. The number of nitrogens with zero attached hydrogens (tertiary/aromatic N) is 1. The molecule has 0 unspecified atom stereocenters. The van der Waals surface area contributed by atoms with Crippen molar-refractivity contribution in [2.24, 2.45) is 0 Å². The molecule has 2 rings (SSSR count). The number of fused-ring (bicyclic) bond motifs is 1. The van der Waals surface area contributed by atoms with Crippen LogP contribution in [-0.4, -0.2) is 17.6 Å². The van der Waals surface area contributed by atoms with E-state index in [-0.39, 0.29) is 5.91 Å². The Labute approximate surface area is 116 Å². The zero-order valence-corrected chi connectivity index (χ0v) is 12.3. The normalized spacial score (nSPS) is 16.3. The van der Waals surface area contributed by atoms with Crippen LogP contribution in [0, 0.1) is 0 Å². The van der Waals surface area contributed by atoms with Gasteiger partial charge < -0.3 is 10.0 Å². The predicted octanol–water partition coefficient (Wildman–Crippen LogP) is 3.19. The second-order valence-corrected chi connectivity index (χ2v) is 5.56. The van der Waals surface area contributed by atoms with Crippen molar-refractivity contribution in [1.82, 2.24) is 0 Å². The molecular weight excluding hydrogens is 294 g/mol. The van der Waals surface area contributed by atoms with E-state index in [0.717, 1.165) is 35.1 Å². The van der Waals surface area contributed by atoms with Crippen LogP contribution in [0.25, 0.3) is 0 Å². The summed E-state index contributed by atoms with van der Waals surface area (Å²) in [4.78, 5) is 13.5. The van der Waals surface area contributed by atoms with E-state index >= 15 is 0 Å². The molecule has 98 valence electrons. The molecule has 1 aromatic rings. The summed E-state index contributed by atoms with van der Waals surface area (Å²) < 4.78 is 0.931. The molecule has 0 bridgehead atoms. The van der Waals surface area contributed by atoms with Crippen LogP contribution in [0.5, 0.6) is 0 Å². The third-order valence-electron chi connectivity index (χ3n) is 3.44. The highest BCUT2D eigenvalue weighted by atomic mass is 79.9. The summed E-state index contributed by atoms with van der Waals surface area (Å²) in [6.45, 7) is 4.30. The Balaban J connectivity index is 2.49. The first kappa shape index (κ1) is 13.6. The highest BCUT2D eigenvalue weighted by Crippen LogP contribution is 2.35. The van der Waals surface area contributed by atoms with Crippen molar-refractivity contribution in [3.05, 3.63) is 27.7 Å². The van der Waals surface area contributed by atoms with Gasteiger partial charge in [0, 0.05) is 23.6 Å². The number of anilines is 1. The first-order chi connectivity index (χ1) is 8.54. The number of hydrogen-bond donors (Lipinski definition) is 1. The lowest BCUT2D eigenvalue weighted by Gasteiger charge is -2.30. The minimum absolute atomic E-state index is 0.0650. The van der Waals surface area contributed by atoms with Crippen molar-refractivity contribution >= 4 is 27.5 Å². The van der Waals surface area contributed by atoms with Crippen molar-refractivity contribution in [1.29, 1.82) is 0 Å². The number of aliphatic hydroxyl groups excluding tert-OH is 1. The zero-order valence-electron chi connectivity index (χ0n) is 10.7. The molecule has 1 atom stereocenters. The van der Waals surface area contributed by atoms with Crippen molar-refractivity contribution in [3.63, 3.8) is 0 Å². The number of aryl methyl sites for hydroxylation is 1. The average Bonchev–Trinajstić information content (AvgIpc) is 2.36. The Morgan fingerprint density at radius 2 is 2.28 bits per heavy atom. The third-order valence-corrected chi connectivity index (χ3v) is 4.13. The van der Waals surface area contributed by atoms with Crippen LogP contribution < -0.4 is 4.90 Å². The molecule has 1 heterocycles. The largest absolute Gasteiger partial charge is 0.388 e. The minimum Gasteiger partial charge on any atom is -0.388 e. The Hall–Kier alpha value is -0.870. The molecule has 3 nitrogen and oxygen atoms in total. The summed E-state index contributed by atoms with van der Waals surface area (Å²) in [5, 5.41) is 10.0. The average molecular weight is 312 g/mol. The van der Waals surface area contributed by atoms with Crippen LogP contribution >= 0.6 is 15.9 Å². The molecule has 0 aliphatic carbocycles. The fraction of sp³-hybridized carbons (Fsp3) is 0.500. The summed E-state index contributed by atoms with van der Waals surface area (Å²) in [6, 6.07) is 3.99. The smallest absolute Gasteiger partial charge is 0.223 e. The standard InChI is InChI=1S/C14H18BrNO2/c1-3-14(18)11-8-13-10(7-12(11)15)5-4-6-16(13)9(2)17/h7-8,14,18H,3-6H2,1-2H3/t14-/m0/s1. The lowest BCUT2D eigenvalue weighted by Crippen LogP contribution is -2.33. The van der Waals surface area contributed by atoms with Gasteiger partial charge in [-0.15, -0.1) is 0 Å². The van der Waals surface area contributed by atoms with Crippen LogP contribution in [0.3, 0.4) is 0 Å². The number of halogens is 1. The molecule has 0 saturated heterocycles. The molecular formula is C14H18BrNO2. The fourth-order valence-corrected chi connectivity index (χ4v) is 3.08. The monoisotopic (exact) mass is 311 g/mol. The maximum Gasteiger partial charge on any atom is 0.223 e. The van der Waals surface area contributed by atoms with Crippen molar-refractivity contribution in [2.45, 2.75) is 39.2 Å². The summed E-state index contributed by atoms with van der Waals surface area (Å²) >= 11 is 3.51. The Kier molecular flexibility index (Phi) is 4.07. The van der Waals surface area contributed by atoms with Gasteiger partial charge in [0.1, 0.15) is 0 Å². The van der Waals surface area contributed by atoms with Gasteiger partial charge >= 0.3 is 0 Å². The van der Waals surface area contributed by atoms with E-state index in [0.29, 0.717) is 6.42 Å². The highest BCUT2D eigenvalue weighted by molar-refractivity contribution is 9.10. The second kappa shape index (κ2) is 5.41. The SMILES string of the molecule is CC[C@H](O)c1cc2c(cc1Br)CCCN2C(C)=O. The van der Waals surface area contributed by atoms with Crippen LogP contribution in [0.15, 0.2) is 16.6 Å². The van der Waals surface area contributed by atoms with Crippen LogP contribution in [0.4, 0.5) is 5.69 Å². The summed E-state index contributed by atoms with van der Waals surface area (Å²) in [6.07, 6.45) is 2.16. The number of rotatable bonds is 2. The number of amides is 1. The predicted molar refractivity (Wildman–Crippen MR) is 75.7 cm³/mol. The molecule has 1 aliphatic heterocycles. The van der Waals surface area contributed by atoms with Crippen LogP contribution in [-0.2, 0) is 11.2 Å². The Morgan fingerprint density at radius 1 is 1.56 bits per heavy atom. The van der Waals surface area contributed by atoms with Gasteiger partial charge in [-0.25, -0.2) is 0 Å². The van der Waals surface area contributed by atoms with Gasteiger partial charge in [0.2, 0.25) is 5.91 Å². The minimum atomic E-state index is -0.486. The molecule has 0 spiro atoms. The van der Waals surface area contributed by atoms with E-state index in [1.807, 2.05) is 19.1 Å². The van der Waals surface area contributed by atoms with E-state index in [1.54, 1.807) is 11.8 Å². The molecule has 1 aromatic carbocycles. The Morgan fingerprint density at radius 3 is 2.89 bits per heavy atom. The molecule has 1 amide bonds. The van der Waals surface area contributed by atoms with Crippen LogP contribution in [0.1, 0.15) is 43.9 Å². The van der Waals surface area contributed by atoms with Gasteiger partial charge in [0.05, 0.1) is 6.10 Å². The first-order valence-electron chi connectivity index (χ1n) is 6.33. The van der Waals surface area contributed by atoms with Gasteiger partial charge in [-0.05, 0) is 42.5 Å². The quantitative estimate of drug-likeness (QED) is 0.911. The maximum atomic E-state index is 11.6. The highest BCUT2D eigenvalue weighted by Gasteiger charge is 2.22. The van der Waals surface area contributed by atoms with Gasteiger partial charge in [-0.3, -0.25) is 4.79 Å². The van der Waals surface area contributed by atoms with Crippen molar-refractivity contribution in [2.75, 3.05) is 11.4 Å². The van der Waals surface area contributed by atoms with E-state index in [1.165, 1.54) is 5.56 Å². The number of benzene rings is 1. The molecule has 0 radical (unpaired) electrons. The van der Waals surface area contributed by atoms with Gasteiger partial charge in [-0.1, -0.05) is 22.9 Å². The van der Waals surface area contributed by atoms with E-state index in [4.69, 9.17) is 0 Å². The molecule has 0 fully saturated rings. The number of aliphatic hydroxyl groups is 1. The summed E-state index contributed by atoms with van der Waals surface area (Å²) in [5.41, 5.74) is 3.00. The topological polar surface area (TPSA) is 40.5 Å². The Bertz CT molecular complexity index is 473. The van der Waals surface area contributed by atoms with E-state index in [9.17, 15) is 9.90 Å². The van der Waals surface area contributed by atoms with Gasteiger partial charge in [0.25, 0.3) is 0 Å². The lowest BCUT2D eigenvalue weighted by atomic mass is 9.97. The van der Waals surface area contributed by atoms with Crippen molar-refractivity contribution < 1.29 is 9.90 Å². The lowest BCUT2D eigenvalue weighted by molar-refractivity contribution is -0.116. The van der Waals surface area contributed by atoms with E-state index in [2.05, 4.69) is 15.9 Å². The molecule has 1 N–H and O–H groups in total. The number of carbonyl (C=O) groups excluding carboxylic acids is 1. The molecule has 0 aromatic heterocycles.